The Morgan fingerprint density at radius 1 is 1.18 bits per heavy atom. The standard InChI is InChI=1S/C11H8N4O2/c16-15(17)10-5-2-1-4-9(10)8-14-11-12-6-3-7-13-11/h1-8H. The van der Waals surface area contributed by atoms with Crippen LogP contribution in [0.4, 0.5) is 11.6 Å². The lowest BCUT2D eigenvalue weighted by Gasteiger charge is -1.95. The molecule has 1 aromatic carbocycles. The summed E-state index contributed by atoms with van der Waals surface area (Å²) in [7, 11) is 0. The highest BCUT2D eigenvalue weighted by Crippen LogP contribution is 2.16. The highest BCUT2D eigenvalue weighted by molar-refractivity contribution is 5.86. The van der Waals surface area contributed by atoms with E-state index in [1.165, 1.54) is 12.3 Å². The molecule has 0 fully saturated rings. The molecule has 0 aliphatic heterocycles. The molecule has 0 saturated carbocycles. The van der Waals surface area contributed by atoms with Crippen molar-refractivity contribution >= 4 is 17.9 Å². The van der Waals surface area contributed by atoms with E-state index >= 15 is 0 Å². The molecular weight excluding hydrogens is 220 g/mol. The van der Waals surface area contributed by atoms with E-state index in [1.54, 1.807) is 36.7 Å². The molecule has 84 valence electrons. The molecule has 6 heteroatoms. The lowest BCUT2D eigenvalue weighted by atomic mass is 10.2. The van der Waals surface area contributed by atoms with Crippen molar-refractivity contribution in [3.63, 3.8) is 0 Å². The van der Waals surface area contributed by atoms with Gasteiger partial charge in [0.15, 0.2) is 0 Å². The summed E-state index contributed by atoms with van der Waals surface area (Å²) < 4.78 is 0. The van der Waals surface area contributed by atoms with Crippen molar-refractivity contribution in [2.45, 2.75) is 0 Å². The normalized spacial score (nSPS) is 10.6. The van der Waals surface area contributed by atoms with Crippen molar-refractivity contribution in [3.8, 4) is 0 Å². The topological polar surface area (TPSA) is 81.3 Å². The van der Waals surface area contributed by atoms with E-state index in [0.717, 1.165) is 0 Å². The van der Waals surface area contributed by atoms with Gasteiger partial charge in [0.1, 0.15) is 0 Å². The Labute approximate surface area is 96.8 Å². The Hall–Kier alpha value is -2.63. The average molecular weight is 228 g/mol. The molecule has 2 aromatic rings. The van der Waals surface area contributed by atoms with E-state index < -0.39 is 4.92 Å². The third-order valence-corrected chi connectivity index (χ3v) is 2.00. The molecule has 2 rings (SSSR count). The van der Waals surface area contributed by atoms with Crippen molar-refractivity contribution in [2.24, 2.45) is 4.99 Å². The van der Waals surface area contributed by atoms with Gasteiger partial charge in [-0.25, -0.2) is 15.0 Å². The molecule has 0 atom stereocenters. The zero-order valence-electron chi connectivity index (χ0n) is 8.72. The van der Waals surface area contributed by atoms with Crippen LogP contribution in [0.1, 0.15) is 5.56 Å². The summed E-state index contributed by atoms with van der Waals surface area (Å²) >= 11 is 0. The molecule has 1 aromatic heterocycles. The van der Waals surface area contributed by atoms with Gasteiger partial charge in [-0.3, -0.25) is 10.1 Å². The van der Waals surface area contributed by atoms with E-state index in [-0.39, 0.29) is 11.6 Å². The van der Waals surface area contributed by atoms with Crippen LogP contribution >= 0.6 is 0 Å². The quantitative estimate of drug-likeness (QED) is 0.457. The van der Waals surface area contributed by atoms with Crippen molar-refractivity contribution in [1.29, 1.82) is 0 Å². The molecule has 17 heavy (non-hydrogen) atoms. The smallest absolute Gasteiger partial charge is 0.258 e. The third kappa shape index (κ3) is 2.69. The van der Waals surface area contributed by atoms with Crippen LogP contribution in [-0.2, 0) is 0 Å². The summed E-state index contributed by atoms with van der Waals surface area (Å²) in [6.07, 6.45) is 4.49. The zero-order valence-corrected chi connectivity index (χ0v) is 8.72. The molecule has 0 aliphatic rings. The Kier molecular flexibility index (Phi) is 3.15. The summed E-state index contributed by atoms with van der Waals surface area (Å²) in [5.74, 6) is 0.269. The Morgan fingerprint density at radius 2 is 1.88 bits per heavy atom. The monoisotopic (exact) mass is 228 g/mol. The molecule has 0 radical (unpaired) electrons. The fourth-order valence-electron chi connectivity index (χ4n) is 1.25. The second-order valence-electron chi connectivity index (χ2n) is 3.12. The predicted octanol–water partition coefficient (Wildman–Crippen LogP) is 2.14. The molecule has 0 unspecified atom stereocenters. The molecular formula is C11H8N4O2. The van der Waals surface area contributed by atoms with E-state index in [4.69, 9.17) is 0 Å². The zero-order chi connectivity index (χ0) is 12.1. The Morgan fingerprint density at radius 3 is 2.59 bits per heavy atom. The van der Waals surface area contributed by atoms with Gasteiger partial charge < -0.3 is 0 Å². The molecule has 0 amide bonds. The fourth-order valence-corrected chi connectivity index (χ4v) is 1.25. The Bertz CT molecular complexity index is 554. The summed E-state index contributed by atoms with van der Waals surface area (Å²) in [4.78, 5) is 22.0. The van der Waals surface area contributed by atoms with Crippen molar-refractivity contribution in [3.05, 3.63) is 58.4 Å². The fraction of sp³-hybridized carbons (Fsp3) is 0. The molecule has 6 nitrogen and oxygen atoms in total. The van der Waals surface area contributed by atoms with Crippen LogP contribution < -0.4 is 0 Å². The molecule has 1 heterocycles. The minimum absolute atomic E-state index is 0.00665. The van der Waals surface area contributed by atoms with Crippen LogP contribution in [0.2, 0.25) is 0 Å². The van der Waals surface area contributed by atoms with E-state index in [1.807, 2.05) is 0 Å². The first-order valence-corrected chi connectivity index (χ1v) is 4.82. The number of benzene rings is 1. The lowest BCUT2D eigenvalue weighted by molar-refractivity contribution is -0.385. The van der Waals surface area contributed by atoms with Gasteiger partial charge in [0.05, 0.1) is 10.5 Å². The minimum atomic E-state index is -0.451. The van der Waals surface area contributed by atoms with Crippen LogP contribution in [0.15, 0.2) is 47.7 Å². The first-order valence-electron chi connectivity index (χ1n) is 4.82. The number of aromatic nitrogens is 2. The molecule has 0 bridgehead atoms. The van der Waals surface area contributed by atoms with Crippen LogP contribution in [0.3, 0.4) is 0 Å². The maximum Gasteiger partial charge on any atom is 0.278 e. The number of hydrogen-bond acceptors (Lipinski definition) is 5. The van der Waals surface area contributed by atoms with Gasteiger partial charge >= 0.3 is 0 Å². The summed E-state index contributed by atoms with van der Waals surface area (Å²) in [5.41, 5.74) is 0.428. The SMILES string of the molecule is O=[N+]([O-])c1ccccc1C=Nc1ncccn1. The predicted molar refractivity (Wildman–Crippen MR) is 62.4 cm³/mol. The third-order valence-electron chi connectivity index (χ3n) is 2.00. The molecule has 0 aliphatic carbocycles. The van der Waals surface area contributed by atoms with Gasteiger partial charge in [0.2, 0.25) is 5.95 Å². The highest BCUT2D eigenvalue weighted by Gasteiger charge is 2.09. The number of nitrogens with zero attached hydrogens (tertiary/aromatic N) is 4. The number of nitro benzene ring substituents is 1. The number of aliphatic imine (C=N–C) groups is 1. The maximum absolute atomic E-state index is 10.7. The number of hydrogen-bond donors (Lipinski definition) is 0. The highest BCUT2D eigenvalue weighted by atomic mass is 16.6. The summed E-state index contributed by atoms with van der Waals surface area (Å²) in [6, 6.07) is 8.02. The van der Waals surface area contributed by atoms with E-state index in [0.29, 0.717) is 5.56 Å². The number of rotatable bonds is 3. The lowest BCUT2D eigenvalue weighted by Crippen LogP contribution is -1.93. The van der Waals surface area contributed by atoms with Crippen molar-refractivity contribution < 1.29 is 4.92 Å². The van der Waals surface area contributed by atoms with Crippen molar-refractivity contribution in [2.75, 3.05) is 0 Å². The average Bonchev–Trinajstić information content (AvgIpc) is 2.38. The maximum atomic E-state index is 10.7. The molecule has 0 spiro atoms. The molecule has 0 saturated heterocycles. The van der Waals surface area contributed by atoms with Gasteiger partial charge in [-0.15, -0.1) is 0 Å². The largest absolute Gasteiger partial charge is 0.278 e. The molecule has 0 N–H and O–H groups in total. The van der Waals surface area contributed by atoms with E-state index in [9.17, 15) is 10.1 Å². The van der Waals surface area contributed by atoms with Crippen LogP contribution in [0, 0.1) is 10.1 Å². The van der Waals surface area contributed by atoms with Crippen LogP contribution in [0.5, 0.6) is 0 Å². The van der Waals surface area contributed by atoms with Gasteiger partial charge in [0.25, 0.3) is 5.69 Å². The Balaban J connectivity index is 2.30. The van der Waals surface area contributed by atoms with Gasteiger partial charge in [0, 0.05) is 24.7 Å². The second-order valence-corrected chi connectivity index (χ2v) is 3.12. The van der Waals surface area contributed by atoms with Gasteiger partial charge in [-0.1, -0.05) is 12.1 Å². The van der Waals surface area contributed by atoms with Gasteiger partial charge in [-0.2, -0.15) is 0 Å². The first kappa shape index (κ1) is 10.9. The summed E-state index contributed by atoms with van der Waals surface area (Å²) in [5, 5.41) is 10.7. The minimum Gasteiger partial charge on any atom is -0.258 e. The summed E-state index contributed by atoms with van der Waals surface area (Å²) in [6.45, 7) is 0. The van der Waals surface area contributed by atoms with Crippen molar-refractivity contribution in [1.82, 2.24) is 9.97 Å². The van der Waals surface area contributed by atoms with Crippen LogP contribution in [0.25, 0.3) is 0 Å². The van der Waals surface area contributed by atoms with Crippen LogP contribution in [-0.4, -0.2) is 21.1 Å². The second kappa shape index (κ2) is 4.93. The first-order chi connectivity index (χ1) is 8.27. The van der Waals surface area contributed by atoms with Gasteiger partial charge in [-0.05, 0) is 12.1 Å². The number of para-hydroxylation sites is 1. The number of nitro groups is 1. The van der Waals surface area contributed by atoms with E-state index in [2.05, 4.69) is 15.0 Å².